The molecule has 2 heteroatoms. The standard InChI is InChI=1S/C61H42N2/c1-4-17-41(18-5-1)42-19-16-24-48(37-42)63-58-36-33-46(61(45-20-6-2-7-21-45)55-28-13-10-25-49(55)50-26-11-14-29-56(50)61)40-54(58)53-35-32-44(39-60(53)63)43-31-34-52-51-27-12-15-30-57(51)62(59(52)38-43)47-22-8-3-9-23-47/h1-36,38-40,42H,37H2. The molecule has 1 atom stereocenters. The maximum absolute atomic E-state index is 2.56. The fourth-order valence-electron chi connectivity index (χ4n) is 11.2. The summed E-state index contributed by atoms with van der Waals surface area (Å²) in [6, 6.07) is 81.2. The van der Waals surface area contributed by atoms with Gasteiger partial charge >= 0.3 is 0 Å². The van der Waals surface area contributed by atoms with E-state index in [9.17, 15) is 0 Å². The van der Waals surface area contributed by atoms with Gasteiger partial charge in [-0.05, 0) is 105 Å². The van der Waals surface area contributed by atoms with Gasteiger partial charge in [0.15, 0.2) is 0 Å². The second kappa shape index (κ2) is 14.1. The van der Waals surface area contributed by atoms with E-state index in [2.05, 4.69) is 246 Å². The summed E-state index contributed by atoms with van der Waals surface area (Å²) < 4.78 is 4.97. The van der Waals surface area contributed by atoms with Crippen LogP contribution in [0.4, 0.5) is 0 Å². The Morgan fingerprint density at radius 3 is 1.67 bits per heavy atom. The molecule has 0 radical (unpaired) electrons. The third-order valence-corrected chi connectivity index (χ3v) is 14.0. The van der Waals surface area contributed by atoms with E-state index in [1.807, 2.05) is 0 Å². The van der Waals surface area contributed by atoms with E-state index in [0.717, 1.165) is 6.42 Å². The molecule has 0 aliphatic heterocycles. The Hall–Kier alpha value is -7.94. The molecule has 0 fully saturated rings. The highest BCUT2D eigenvalue weighted by Crippen LogP contribution is 2.56. The van der Waals surface area contributed by atoms with E-state index in [1.165, 1.54) is 105 Å². The average Bonchev–Trinajstić information content (AvgIpc) is 3.98. The van der Waals surface area contributed by atoms with E-state index < -0.39 is 5.41 Å². The highest BCUT2D eigenvalue weighted by Gasteiger charge is 2.46. The van der Waals surface area contributed by atoms with Crippen molar-refractivity contribution in [3.05, 3.63) is 264 Å². The van der Waals surface area contributed by atoms with Crippen LogP contribution in [0.3, 0.4) is 0 Å². The molecular weight excluding hydrogens is 761 g/mol. The normalized spacial score (nSPS) is 15.2. The van der Waals surface area contributed by atoms with Crippen LogP contribution >= 0.6 is 0 Å². The molecule has 2 heterocycles. The SMILES string of the molecule is C1=CC(c2ccccc2)CC(n2c3ccc(C4(c5ccccc5)c5ccccc5-c5ccccc54)cc3c3ccc(-c4ccc5c6ccccc6n(-c6ccccc6)c5c4)cc32)=C1. The zero-order chi connectivity index (χ0) is 41.5. The lowest BCUT2D eigenvalue weighted by Crippen LogP contribution is -2.28. The molecule has 296 valence electrons. The Bertz CT molecular complexity index is 3590. The van der Waals surface area contributed by atoms with Gasteiger partial charge in [0.1, 0.15) is 0 Å². The first-order chi connectivity index (χ1) is 31.3. The summed E-state index contributed by atoms with van der Waals surface area (Å²) in [5.74, 6) is 0.288. The molecule has 11 aromatic rings. The largest absolute Gasteiger partial charge is 0.313 e. The molecule has 2 nitrogen and oxygen atoms in total. The number of para-hydroxylation sites is 2. The third kappa shape index (κ3) is 5.31. The van der Waals surface area contributed by atoms with Gasteiger partial charge in [-0.1, -0.05) is 188 Å². The lowest BCUT2D eigenvalue weighted by Gasteiger charge is -2.34. The number of aromatic nitrogens is 2. The van der Waals surface area contributed by atoms with Crippen LogP contribution < -0.4 is 0 Å². The monoisotopic (exact) mass is 802 g/mol. The number of hydrogen-bond donors (Lipinski definition) is 0. The van der Waals surface area contributed by atoms with E-state index >= 15 is 0 Å². The van der Waals surface area contributed by atoms with Crippen molar-refractivity contribution >= 4 is 49.3 Å². The number of rotatable bonds is 6. The molecule has 63 heavy (non-hydrogen) atoms. The molecular formula is C61H42N2. The summed E-state index contributed by atoms with van der Waals surface area (Å²) in [6.07, 6.45) is 7.86. The number of fused-ring (bicyclic) bond motifs is 9. The summed E-state index contributed by atoms with van der Waals surface area (Å²) in [5, 5.41) is 5.04. The van der Waals surface area contributed by atoms with Gasteiger partial charge in [0, 0.05) is 38.8 Å². The van der Waals surface area contributed by atoms with Gasteiger partial charge in [0.05, 0.1) is 27.5 Å². The van der Waals surface area contributed by atoms with Crippen molar-refractivity contribution in [3.8, 4) is 27.9 Å². The van der Waals surface area contributed by atoms with Crippen LogP contribution in [0.5, 0.6) is 0 Å². The van der Waals surface area contributed by atoms with Gasteiger partial charge in [-0.3, -0.25) is 0 Å². The van der Waals surface area contributed by atoms with Gasteiger partial charge < -0.3 is 9.13 Å². The quantitative estimate of drug-likeness (QED) is 0.158. The minimum absolute atomic E-state index is 0.288. The van der Waals surface area contributed by atoms with Gasteiger partial charge in [0.25, 0.3) is 0 Å². The Morgan fingerprint density at radius 2 is 0.952 bits per heavy atom. The number of nitrogens with zero attached hydrogens (tertiary/aromatic N) is 2. The van der Waals surface area contributed by atoms with E-state index in [4.69, 9.17) is 0 Å². The van der Waals surface area contributed by atoms with Crippen LogP contribution in [-0.4, -0.2) is 9.13 Å². The predicted octanol–water partition coefficient (Wildman–Crippen LogP) is 15.5. The van der Waals surface area contributed by atoms with Crippen LogP contribution in [0.2, 0.25) is 0 Å². The zero-order valence-electron chi connectivity index (χ0n) is 34.7. The number of allylic oxidation sites excluding steroid dienone is 4. The molecule has 2 aromatic heterocycles. The van der Waals surface area contributed by atoms with Crippen molar-refractivity contribution in [1.82, 2.24) is 9.13 Å². The Labute approximate surface area is 367 Å². The zero-order valence-corrected chi connectivity index (χ0v) is 34.7. The molecule has 0 saturated carbocycles. The summed E-state index contributed by atoms with van der Waals surface area (Å²) in [7, 11) is 0. The minimum atomic E-state index is -0.477. The van der Waals surface area contributed by atoms with Crippen molar-refractivity contribution < 1.29 is 0 Å². The number of hydrogen-bond acceptors (Lipinski definition) is 0. The molecule has 1 unspecified atom stereocenters. The first kappa shape index (κ1) is 35.8. The second-order valence-corrected chi connectivity index (χ2v) is 17.2. The molecule has 0 bridgehead atoms. The lowest BCUT2D eigenvalue weighted by atomic mass is 9.67. The Morgan fingerprint density at radius 1 is 0.397 bits per heavy atom. The lowest BCUT2D eigenvalue weighted by molar-refractivity contribution is 0.770. The van der Waals surface area contributed by atoms with Gasteiger partial charge in [-0.25, -0.2) is 0 Å². The maximum atomic E-state index is 2.56. The van der Waals surface area contributed by atoms with Crippen molar-refractivity contribution in [2.24, 2.45) is 0 Å². The molecule has 0 saturated heterocycles. The molecule has 2 aliphatic carbocycles. The highest BCUT2D eigenvalue weighted by molar-refractivity contribution is 6.13. The minimum Gasteiger partial charge on any atom is -0.313 e. The summed E-state index contributed by atoms with van der Waals surface area (Å²) in [5.41, 5.74) is 18.4. The van der Waals surface area contributed by atoms with Gasteiger partial charge in [-0.2, -0.15) is 0 Å². The van der Waals surface area contributed by atoms with Crippen LogP contribution in [0.15, 0.2) is 237 Å². The fourth-order valence-corrected chi connectivity index (χ4v) is 11.2. The van der Waals surface area contributed by atoms with Crippen LogP contribution in [-0.2, 0) is 5.41 Å². The van der Waals surface area contributed by atoms with Gasteiger partial charge in [-0.15, -0.1) is 0 Å². The topological polar surface area (TPSA) is 9.86 Å². The summed E-state index contributed by atoms with van der Waals surface area (Å²) in [6.45, 7) is 0. The van der Waals surface area contributed by atoms with Crippen molar-refractivity contribution in [2.75, 3.05) is 0 Å². The molecule has 0 spiro atoms. The van der Waals surface area contributed by atoms with E-state index in [-0.39, 0.29) is 5.92 Å². The highest BCUT2D eigenvalue weighted by atomic mass is 15.0. The van der Waals surface area contributed by atoms with Crippen LogP contribution in [0.25, 0.3) is 77.2 Å². The molecule has 9 aromatic carbocycles. The first-order valence-electron chi connectivity index (χ1n) is 22.1. The smallest absolute Gasteiger partial charge is 0.0713 e. The molecule has 13 rings (SSSR count). The third-order valence-electron chi connectivity index (χ3n) is 14.0. The molecule has 0 amide bonds. The van der Waals surface area contributed by atoms with Crippen molar-refractivity contribution in [3.63, 3.8) is 0 Å². The Kier molecular flexibility index (Phi) is 7.98. The Balaban J connectivity index is 1.05. The van der Waals surface area contributed by atoms with Crippen LogP contribution in [0, 0.1) is 0 Å². The molecule has 0 N–H and O–H groups in total. The maximum Gasteiger partial charge on any atom is 0.0713 e. The van der Waals surface area contributed by atoms with Crippen molar-refractivity contribution in [1.29, 1.82) is 0 Å². The number of benzene rings is 9. The van der Waals surface area contributed by atoms with Crippen molar-refractivity contribution in [2.45, 2.75) is 17.8 Å². The van der Waals surface area contributed by atoms with Crippen LogP contribution in [0.1, 0.15) is 40.2 Å². The summed E-state index contributed by atoms with van der Waals surface area (Å²) >= 11 is 0. The second-order valence-electron chi connectivity index (χ2n) is 17.2. The van der Waals surface area contributed by atoms with Gasteiger partial charge in [0.2, 0.25) is 0 Å². The molecule has 2 aliphatic rings. The first-order valence-corrected chi connectivity index (χ1v) is 22.1. The average molecular weight is 803 g/mol. The summed E-state index contributed by atoms with van der Waals surface area (Å²) in [4.78, 5) is 0. The fraction of sp³-hybridized carbons (Fsp3) is 0.0492. The van der Waals surface area contributed by atoms with E-state index in [0.29, 0.717) is 0 Å². The van der Waals surface area contributed by atoms with E-state index in [1.54, 1.807) is 0 Å². The predicted molar refractivity (Wildman–Crippen MR) is 264 cm³/mol.